The van der Waals surface area contributed by atoms with Gasteiger partial charge in [-0.3, -0.25) is 14.8 Å². The Kier molecular flexibility index (Phi) is 4.55. The number of nitrogens with zero attached hydrogens (tertiary/aromatic N) is 3. The Morgan fingerprint density at radius 1 is 1.08 bits per heavy atom. The highest BCUT2D eigenvalue weighted by Crippen LogP contribution is 2.30. The number of aromatic nitrogens is 1. The molecule has 3 nitrogen and oxygen atoms in total. The third kappa shape index (κ3) is 3.20. The summed E-state index contributed by atoms with van der Waals surface area (Å²) in [7, 11) is 0. The Morgan fingerprint density at radius 2 is 1.79 bits per heavy atom. The second-order valence-electron chi connectivity index (χ2n) is 7.57. The molecule has 128 valence electrons. The third-order valence-electron chi connectivity index (χ3n) is 5.85. The second kappa shape index (κ2) is 6.81. The van der Waals surface area contributed by atoms with Crippen LogP contribution in [-0.2, 0) is 6.54 Å². The van der Waals surface area contributed by atoms with Crippen LogP contribution in [0.5, 0.6) is 0 Å². The fraction of sp³-hybridized carbons (Fsp3) is 0.571. The zero-order valence-corrected chi connectivity index (χ0v) is 15.0. The van der Waals surface area contributed by atoms with Crippen LogP contribution in [-0.4, -0.2) is 47.0 Å². The molecule has 24 heavy (non-hydrogen) atoms. The molecular weight excluding hydrogens is 294 g/mol. The summed E-state index contributed by atoms with van der Waals surface area (Å²) in [4.78, 5) is 10.1. The molecule has 2 heterocycles. The molecule has 0 spiro atoms. The summed E-state index contributed by atoms with van der Waals surface area (Å²) < 4.78 is 0. The van der Waals surface area contributed by atoms with Crippen LogP contribution in [0.25, 0.3) is 10.8 Å². The molecule has 1 aromatic carbocycles. The smallest absolute Gasteiger partial charge is 0.0510 e. The molecular formula is C21H29N3. The summed E-state index contributed by atoms with van der Waals surface area (Å²) >= 11 is 0. The van der Waals surface area contributed by atoms with Crippen LogP contribution in [0.1, 0.15) is 50.3 Å². The maximum absolute atomic E-state index is 4.86. The van der Waals surface area contributed by atoms with Crippen molar-refractivity contribution in [2.24, 2.45) is 0 Å². The van der Waals surface area contributed by atoms with E-state index in [4.69, 9.17) is 4.98 Å². The summed E-state index contributed by atoms with van der Waals surface area (Å²) in [5.41, 5.74) is 2.65. The van der Waals surface area contributed by atoms with Crippen LogP contribution >= 0.6 is 0 Å². The van der Waals surface area contributed by atoms with Crippen molar-refractivity contribution >= 4 is 10.8 Å². The number of pyridine rings is 1. The molecule has 1 aliphatic heterocycles. The van der Waals surface area contributed by atoms with Crippen molar-refractivity contribution < 1.29 is 0 Å². The molecule has 2 fully saturated rings. The van der Waals surface area contributed by atoms with E-state index in [1.165, 1.54) is 61.1 Å². The van der Waals surface area contributed by atoms with Crippen LogP contribution < -0.4 is 0 Å². The van der Waals surface area contributed by atoms with E-state index in [1.807, 2.05) is 0 Å². The zero-order chi connectivity index (χ0) is 16.5. The molecule has 3 heteroatoms. The normalized spacial score (nSPS) is 21.2. The number of fused-ring (bicyclic) bond motifs is 1. The summed E-state index contributed by atoms with van der Waals surface area (Å²) in [6.07, 6.45) is 6.12. The van der Waals surface area contributed by atoms with Gasteiger partial charge in [-0.2, -0.15) is 0 Å². The molecule has 1 unspecified atom stereocenters. The van der Waals surface area contributed by atoms with Gasteiger partial charge in [-0.25, -0.2) is 0 Å². The highest BCUT2D eigenvalue weighted by molar-refractivity contribution is 5.87. The van der Waals surface area contributed by atoms with Gasteiger partial charge in [-0.15, -0.1) is 0 Å². The maximum Gasteiger partial charge on any atom is 0.0510 e. The average molecular weight is 323 g/mol. The molecule has 1 saturated carbocycles. The Hall–Kier alpha value is -1.45. The molecule has 1 aliphatic carbocycles. The average Bonchev–Trinajstić information content (AvgIpc) is 3.47. The van der Waals surface area contributed by atoms with E-state index in [1.54, 1.807) is 0 Å². The molecule has 0 amide bonds. The summed E-state index contributed by atoms with van der Waals surface area (Å²) in [5, 5.41) is 2.74. The first-order valence-electron chi connectivity index (χ1n) is 9.59. The Bertz CT molecular complexity index is 699. The highest BCUT2D eigenvalue weighted by Gasteiger charge is 2.31. The van der Waals surface area contributed by atoms with Crippen molar-refractivity contribution in [3.63, 3.8) is 0 Å². The van der Waals surface area contributed by atoms with Gasteiger partial charge < -0.3 is 0 Å². The lowest BCUT2D eigenvalue weighted by Gasteiger charge is -2.35. The van der Waals surface area contributed by atoms with E-state index in [-0.39, 0.29) is 0 Å². The lowest BCUT2D eigenvalue weighted by atomic mass is 9.96. The monoisotopic (exact) mass is 323 g/mol. The lowest BCUT2D eigenvalue weighted by molar-refractivity contribution is 0.122. The van der Waals surface area contributed by atoms with Crippen molar-refractivity contribution in [1.82, 2.24) is 14.8 Å². The fourth-order valence-corrected chi connectivity index (χ4v) is 3.95. The van der Waals surface area contributed by atoms with E-state index in [0.29, 0.717) is 5.92 Å². The first kappa shape index (κ1) is 16.0. The Morgan fingerprint density at radius 3 is 2.46 bits per heavy atom. The first-order valence-corrected chi connectivity index (χ1v) is 9.59. The topological polar surface area (TPSA) is 19.4 Å². The molecule has 1 aromatic heterocycles. The van der Waals surface area contributed by atoms with Crippen LogP contribution in [0.4, 0.5) is 0 Å². The molecule has 1 atom stereocenters. The minimum Gasteiger partial charge on any atom is -0.298 e. The standard InChI is InChI=1S/C21H29N3/c1-3-16(2)21-20-7-5-4-6-19(20)17(14-22-21)15-23-10-12-24(13-11-23)18-8-9-18/h4-7,14,16,18H,3,8-13,15H2,1-2H3. The van der Waals surface area contributed by atoms with Crippen LogP contribution in [0.2, 0.25) is 0 Å². The minimum atomic E-state index is 0.519. The van der Waals surface area contributed by atoms with E-state index in [9.17, 15) is 0 Å². The van der Waals surface area contributed by atoms with Crippen LogP contribution in [0, 0.1) is 0 Å². The number of hydrogen-bond acceptors (Lipinski definition) is 3. The Balaban J connectivity index is 1.54. The van der Waals surface area contributed by atoms with Gasteiger partial charge in [0.2, 0.25) is 0 Å². The highest BCUT2D eigenvalue weighted by atomic mass is 15.3. The SMILES string of the molecule is CCC(C)c1ncc(CN2CCN(C3CC3)CC2)c2ccccc12. The van der Waals surface area contributed by atoms with Gasteiger partial charge in [-0.1, -0.05) is 38.1 Å². The van der Waals surface area contributed by atoms with Crippen molar-refractivity contribution in [3.05, 3.63) is 41.7 Å². The van der Waals surface area contributed by atoms with Crippen molar-refractivity contribution in [1.29, 1.82) is 0 Å². The molecule has 0 radical (unpaired) electrons. The van der Waals surface area contributed by atoms with Gasteiger partial charge in [0.1, 0.15) is 0 Å². The number of rotatable bonds is 5. The number of hydrogen-bond donors (Lipinski definition) is 0. The minimum absolute atomic E-state index is 0.519. The maximum atomic E-state index is 4.86. The fourth-order valence-electron chi connectivity index (χ4n) is 3.95. The molecule has 0 N–H and O–H groups in total. The van der Waals surface area contributed by atoms with Crippen molar-refractivity contribution in [3.8, 4) is 0 Å². The Labute approximate surface area is 145 Å². The van der Waals surface area contributed by atoms with E-state index >= 15 is 0 Å². The summed E-state index contributed by atoms with van der Waals surface area (Å²) in [5.74, 6) is 0.519. The van der Waals surface area contributed by atoms with Crippen LogP contribution in [0.3, 0.4) is 0 Å². The second-order valence-corrected chi connectivity index (χ2v) is 7.57. The lowest BCUT2D eigenvalue weighted by Crippen LogP contribution is -2.46. The predicted molar refractivity (Wildman–Crippen MR) is 100 cm³/mol. The molecule has 4 rings (SSSR count). The van der Waals surface area contributed by atoms with Gasteiger partial charge >= 0.3 is 0 Å². The quantitative estimate of drug-likeness (QED) is 0.828. The van der Waals surface area contributed by atoms with Gasteiger partial charge in [0.15, 0.2) is 0 Å². The van der Waals surface area contributed by atoms with Crippen molar-refractivity contribution in [2.45, 2.75) is 51.6 Å². The number of piperazine rings is 1. The van der Waals surface area contributed by atoms with E-state index < -0.39 is 0 Å². The van der Waals surface area contributed by atoms with Gasteiger partial charge in [0, 0.05) is 50.3 Å². The van der Waals surface area contributed by atoms with Gasteiger partial charge in [-0.05, 0) is 36.1 Å². The number of benzene rings is 1. The first-order chi connectivity index (χ1) is 11.8. The van der Waals surface area contributed by atoms with Crippen molar-refractivity contribution in [2.75, 3.05) is 26.2 Å². The van der Waals surface area contributed by atoms with Gasteiger partial charge in [0.25, 0.3) is 0 Å². The predicted octanol–water partition coefficient (Wildman–Crippen LogP) is 4.03. The molecule has 2 aliphatic rings. The van der Waals surface area contributed by atoms with Crippen LogP contribution in [0.15, 0.2) is 30.5 Å². The summed E-state index contributed by atoms with van der Waals surface area (Å²) in [6, 6.07) is 9.74. The third-order valence-corrected chi connectivity index (χ3v) is 5.85. The largest absolute Gasteiger partial charge is 0.298 e. The van der Waals surface area contributed by atoms with E-state index in [0.717, 1.165) is 19.0 Å². The van der Waals surface area contributed by atoms with E-state index in [2.05, 4.69) is 54.1 Å². The molecule has 1 saturated heterocycles. The molecule has 2 aromatic rings. The molecule has 0 bridgehead atoms. The zero-order valence-electron chi connectivity index (χ0n) is 15.0. The van der Waals surface area contributed by atoms with Gasteiger partial charge in [0.05, 0.1) is 5.69 Å². The summed E-state index contributed by atoms with van der Waals surface area (Å²) in [6.45, 7) is 10.4.